The molecule has 0 aromatic heterocycles. The first-order valence-electron chi connectivity index (χ1n) is 1.96. The molecule has 0 amide bonds. The molecule has 1 heterocycles. The first-order chi connectivity index (χ1) is 2.50. The minimum absolute atomic E-state index is 0.182. The summed E-state index contributed by atoms with van der Waals surface area (Å²) in [7, 11) is 0.182. The number of nitrogens with one attached hydrogen (secondary N) is 2. The van der Waals surface area contributed by atoms with Crippen molar-refractivity contribution in [3.05, 3.63) is 0 Å². The van der Waals surface area contributed by atoms with Gasteiger partial charge in [-0.05, 0) is 6.04 Å². The second-order valence-electron chi connectivity index (χ2n) is 1.21. The Hall–Kier alpha value is 0.137. The van der Waals surface area contributed by atoms with Crippen LogP contribution in [0.15, 0.2) is 0 Å². The molecule has 0 radical (unpaired) electrons. The van der Waals surface area contributed by atoms with E-state index in [0.717, 1.165) is 0 Å². The van der Waals surface area contributed by atoms with Crippen LogP contribution in [-0.4, -0.2) is 16.2 Å². The average Bonchev–Trinajstić information content (AvgIpc) is 1.76. The molecule has 1 rings (SSSR count). The van der Waals surface area contributed by atoms with Crippen LogP contribution in [0.4, 0.5) is 0 Å². The summed E-state index contributed by atoms with van der Waals surface area (Å²) >= 11 is 0. The number of hydrogen-bond donors (Lipinski definition) is 2. The molecule has 0 unspecified atom stereocenters. The number of rotatable bonds is 0. The van der Waals surface area contributed by atoms with Crippen LogP contribution in [0.2, 0.25) is 6.04 Å². The fourth-order valence-corrected chi connectivity index (χ4v) is 1.33. The second kappa shape index (κ2) is 1.54. The lowest BCUT2D eigenvalue weighted by Gasteiger charge is -1.81. The highest BCUT2D eigenvalue weighted by atomic mass is 28.2. The quantitative estimate of drug-likeness (QED) is 0.356. The lowest BCUT2D eigenvalue weighted by molar-refractivity contribution is 0.757. The third-order valence-electron chi connectivity index (χ3n) is 0.729. The maximum absolute atomic E-state index is 3.11. The maximum Gasteiger partial charge on any atom is 0.111 e. The Bertz CT molecular complexity index is 19.2. The van der Waals surface area contributed by atoms with E-state index in [1.807, 2.05) is 0 Å². The van der Waals surface area contributed by atoms with Crippen molar-refractivity contribution >= 4 is 9.68 Å². The van der Waals surface area contributed by atoms with Crippen LogP contribution in [0.5, 0.6) is 0 Å². The van der Waals surface area contributed by atoms with Crippen LogP contribution in [0.25, 0.3) is 0 Å². The number of hydrogen-bond acceptors (Lipinski definition) is 2. The van der Waals surface area contributed by atoms with Gasteiger partial charge in [-0.3, -0.25) is 10.5 Å². The molecule has 0 aromatic rings. The minimum atomic E-state index is 0.182. The summed E-state index contributed by atoms with van der Waals surface area (Å²) in [6.07, 6.45) is 0. The van der Waals surface area contributed by atoms with E-state index in [1.54, 1.807) is 0 Å². The Labute approximate surface area is 33.8 Å². The molecule has 0 saturated carbocycles. The van der Waals surface area contributed by atoms with Gasteiger partial charge in [-0.25, -0.2) is 0 Å². The monoisotopic (exact) mass is 88.0 g/mol. The van der Waals surface area contributed by atoms with Crippen LogP contribution in [0.1, 0.15) is 0 Å². The van der Waals surface area contributed by atoms with Crippen molar-refractivity contribution in [1.82, 2.24) is 10.5 Å². The molecule has 1 aliphatic heterocycles. The van der Waals surface area contributed by atoms with Gasteiger partial charge in [0.25, 0.3) is 0 Å². The van der Waals surface area contributed by atoms with E-state index in [4.69, 9.17) is 0 Å². The van der Waals surface area contributed by atoms with Gasteiger partial charge in [-0.15, -0.1) is 0 Å². The largest absolute Gasteiger partial charge is 0.286 e. The van der Waals surface area contributed by atoms with Crippen molar-refractivity contribution in [1.29, 1.82) is 0 Å². The van der Waals surface area contributed by atoms with Crippen LogP contribution in [0.3, 0.4) is 0 Å². The first-order valence-corrected chi connectivity index (χ1v) is 3.66. The standard InChI is InChI=1S/C2H8N2Si/c1-2-5-4-3-1/h3-4H,1-2,5H2. The van der Waals surface area contributed by atoms with E-state index in [1.165, 1.54) is 12.6 Å². The van der Waals surface area contributed by atoms with E-state index in [-0.39, 0.29) is 9.68 Å². The fourth-order valence-electron chi connectivity index (χ4n) is 0.442. The van der Waals surface area contributed by atoms with Gasteiger partial charge in [0.1, 0.15) is 9.68 Å². The lowest BCUT2D eigenvalue weighted by Crippen LogP contribution is -2.23. The van der Waals surface area contributed by atoms with Gasteiger partial charge >= 0.3 is 0 Å². The summed E-state index contributed by atoms with van der Waals surface area (Å²) in [6.45, 7) is 1.20. The minimum Gasteiger partial charge on any atom is -0.286 e. The third kappa shape index (κ3) is 0.716. The molecule has 2 N–H and O–H groups in total. The molecule has 5 heavy (non-hydrogen) atoms. The highest BCUT2D eigenvalue weighted by Crippen LogP contribution is 1.73. The van der Waals surface area contributed by atoms with Gasteiger partial charge in [0.05, 0.1) is 0 Å². The van der Waals surface area contributed by atoms with Crippen molar-refractivity contribution in [2.24, 2.45) is 0 Å². The predicted octanol–water partition coefficient (Wildman–Crippen LogP) is -1.40. The molecule has 2 nitrogen and oxygen atoms in total. The van der Waals surface area contributed by atoms with Gasteiger partial charge in [-0.1, -0.05) is 0 Å². The summed E-state index contributed by atoms with van der Waals surface area (Å²) < 4.78 is 0. The summed E-state index contributed by atoms with van der Waals surface area (Å²) in [5.41, 5.74) is 3.03. The van der Waals surface area contributed by atoms with Crippen molar-refractivity contribution < 1.29 is 0 Å². The SMILES string of the molecule is C1C[SiH2]NN1. The molecular formula is C2H8N2Si. The topological polar surface area (TPSA) is 24.1 Å². The predicted molar refractivity (Wildman–Crippen MR) is 24.5 cm³/mol. The summed E-state index contributed by atoms with van der Waals surface area (Å²) in [4.78, 5) is 0. The van der Waals surface area contributed by atoms with Gasteiger partial charge in [0, 0.05) is 6.54 Å². The van der Waals surface area contributed by atoms with Crippen molar-refractivity contribution in [2.45, 2.75) is 6.04 Å². The van der Waals surface area contributed by atoms with Crippen molar-refractivity contribution in [3.63, 3.8) is 0 Å². The Morgan fingerprint density at radius 3 is 2.80 bits per heavy atom. The molecule has 0 spiro atoms. The molecule has 1 saturated heterocycles. The first kappa shape index (κ1) is 3.33. The zero-order valence-electron chi connectivity index (χ0n) is 3.12. The fraction of sp³-hybridized carbons (Fsp3) is 1.00. The Balaban J connectivity index is 2.08. The second-order valence-corrected chi connectivity index (χ2v) is 2.77. The van der Waals surface area contributed by atoms with Crippen LogP contribution in [-0.2, 0) is 0 Å². The molecule has 1 aliphatic rings. The van der Waals surface area contributed by atoms with E-state index in [0.29, 0.717) is 0 Å². The Morgan fingerprint density at radius 1 is 1.60 bits per heavy atom. The van der Waals surface area contributed by atoms with Crippen molar-refractivity contribution in [2.75, 3.05) is 6.54 Å². The molecule has 3 heteroatoms. The molecule has 0 aromatic carbocycles. The van der Waals surface area contributed by atoms with Gasteiger partial charge < -0.3 is 0 Å². The molecule has 0 atom stereocenters. The molecular weight excluding hydrogens is 80.1 g/mol. The van der Waals surface area contributed by atoms with Gasteiger partial charge in [0.2, 0.25) is 0 Å². The van der Waals surface area contributed by atoms with Crippen molar-refractivity contribution in [3.8, 4) is 0 Å². The van der Waals surface area contributed by atoms with Gasteiger partial charge in [0.15, 0.2) is 0 Å². The van der Waals surface area contributed by atoms with Crippen LogP contribution >= 0.6 is 0 Å². The normalized spacial score (nSPS) is 28.8. The lowest BCUT2D eigenvalue weighted by atomic mass is 10.8. The van der Waals surface area contributed by atoms with E-state index in [9.17, 15) is 0 Å². The zero-order chi connectivity index (χ0) is 3.54. The van der Waals surface area contributed by atoms with Gasteiger partial charge in [-0.2, -0.15) is 0 Å². The summed E-state index contributed by atoms with van der Waals surface area (Å²) in [5, 5.41) is 3.11. The highest BCUT2D eigenvalue weighted by Gasteiger charge is 1.92. The summed E-state index contributed by atoms with van der Waals surface area (Å²) in [6, 6.07) is 1.42. The maximum atomic E-state index is 3.11. The average molecular weight is 88.2 g/mol. The van der Waals surface area contributed by atoms with E-state index in [2.05, 4.69) is 10.5 Å². The van der Waals surface area contributed by atoms with Crippen LogP contribution < -0.4 is 10.5 Å². The molecule has 30 valence electrons. The van der Waals surface area contributed by atoms with E-state index >= 15 is 0 Å². The Morgan fingerprint density at radius 2 is 2.60 bits per heavy atom. The molecule has 0 aliphatic carbocycles. The smallest absolute Gasteiger partial charge is 0.111 e. The third-order valence-corrected chi connectivity index (χ3v) is 1.94. The number of hydrazine groups is 1. The molecule has 1 fully saturated rings. The zero-order valence-corrected chi connectivity index (χ0v) is 4.54. The highest BCUT2D eigenvalue weighted by molar-refractivity contribution is 6.32. The van der Waals surface area contributed by atoms with E-state index < -0.39 is 0 Å². The van der Waals surface area contributed by atoms with Crippen LogP contribution in [0, 0.1) is 0 Å². The molecule has 0 bridgehead atoms. The summed E-state index contributed by atoms with van der Waals surface area (Å²) in [5.74, 6) is 0. The Kier molecular flexibility index (Phi) is 1.03.